The molecule has 812 valence electrons. The van der Waals surface area contributed by atoms with Crippen LogP contribution in [0.1, 0.15) is 445 Å². The maximum atomic E-state index is 7.50. The van der Waals surface area contributed by atoms with Crippen LogP contribution in [0.4, 0.5) is 0 Å². The maximum Gasteiger partial charge on any atom is 0.141 e. The first-order valence-corrected chi connectivity index (χ1v) is 68.2. The number of benzene rings is 2. The molecule has 12 aromatic rings. The molecule has 10 aromatic heterocycles. The Balaban J connectivity index is 0.000000222. The van der Waals surface area contributed by atoms with E-state index < -0.39 is 0 Å². The predicted octanol–water partition coefficient (Wildman–Crippen LogP) is 47.0. The summed E-state index contributed by atoms with van der Waals surface area (Å²) in [7, 11) is 0. The molecule has 4 aliphatic rings. The van der Waals surface area contributed by atoms with E-state index in [9.17, 15) is 0 Å². The average Bonchev–Trinajstić information content (AvgIpc) is 1.57. The van der Waals surface area contributed by atoms with Crippen molar-refractivity contribution in [3.8, 4) is 104 Å². The summed E-state index contributed by atoms with van der Waals surface area (Å²) < 4.78 is 52.8. The molecular weight excluding hydrogens is 2140 g/mol. The number of ether oxygens (including phenoxy) is 4. The highest BCUT2D eigenvalue weighted by Crippen LogP contribution is 2.65. The molecule has 0 spiro atoms. The molecule has 16 rings (SSSR count). The quantitative estimate of drug-likeness (QED) is 0.0373. The van der Waals surface area contributed by atoms with E-state index in [0.29, 0.717) is 47.3 Å². The van der Waals surface area contributed by atoms with Crippen molar-refractivity contribution < 1.29 is 18.9 Å². The summed E-state index contributed by atoms with van der Waals surface area (Å²) in [5.74, 6) is 15.6. The lowest BCUT2D eigenvalue weighted by molar-refractivity contribution is 0.0322. The second kappa shape index (κ2) is 54.4. The van der Waals surface area contributed by atoms with Gasteiger partial charge in [0.25, 0.3) is 0 Å². The van der Waals surface area contributed by atoms with Crippen molar-refractivity contribution in [2.75, 3.05) is 0 Å². The van der Waals surface area contributed by atoms with Gasteiger partial charge in [0, 0.05) is 76.1 Å². The molecule has 4 aliphatic heterocycles. The molecule has 148 heavy (non-hydrogen) atoms. The molecular formula is C128H182Br2N4O4S10. The van der Waals surface area contributed by atoms with Gasteiger partial charge in [0.05, 0.1) is 70.0 Å². The molecule has 0 saturated carbocycles. The Labute approximate surface area is 952 Å². The highest BCUT2D eigenvalue weighted by Gasteiger charge is 2.50. The topological polar surface area (TPSA) is 88.5 Å². The van der Waals surface area contributed by atoms with Crippen LogP contribution in [0, 0.1) is 94.7 Å². The van der Waals surface area contributed by atoms with Gasteiger partial charge in [0.2, 0.25) is 0 Å². The lowest BCUT2D eigenvalue weighted by Gasteiger charge is -2.39. The number of thiophene rings is 8. The molecule has 0 bridgehead atoms. The van der Waals surface area contributed by atoms with Crippen molar-refractivity contribution in [1.82, 2.24) is 17.5 Å². The third kappa shape index (κ3) is 30.1. The van der Waals surface area contributed by atoms with Crippen molar-refractivity contribution in [2.24, 2.45) is 94.7 Å². The van der Waals surface area contributed by atoms with Gasteiger partial charge >= 0.3 is 0 Å². The van der Waals surface area contributed by atoms with E-state index >= 15 is 0 Å². The molecule has 0 radical (unpaired) electrons. The van der Waals surface area contributed by atoms with Crippen LogP contribution < -0.4 is 18.9 Å². The molecule has 0 amide bonds. The van der Waals surface area contributed by atoms with E-state index in [1.54, 1.807) is 0 Å². The molecule has 0 N–H and O–H groups in total. The lowest BCUT2D eigenvalue weighted by Crippen LogP contribution is -2.36. The van der Waals surface area contributed by atoms with Crippen LogP contribution in [0.5, 0.6) is 23.0 Å². The summed E-state index contributed by atoms with van der Waals surface area (Å²) in [5.41, 5.74) is 12.9. The number of halogens is 2. The van der Waals surface area contributed by atoms with E-state index in [2.05, 4.69) is 282 Å². The van der Waals surface area contributed by atoms with Gasteiger partial charge in [0.15, 0.2) is 0 Å². The number of nitrogens with zero attached hydrogens (tertiary/aromatic N) is 4. The number of hydrogen-bond acceptors (Lipinski definition) is 18. The number of hydrogen-bond donors (Lipinski definition) is 0. The molecule has 8 nitrogen and oxygen atoms in total. The summed E-state index contributed by atoms with van der Waals surface area (Å²) in [4.78, 5) is 15.8. The Kier molecular flexibility index (Phi) is 43.3. The highest BCUT2D eigenvalue weighted by molar-refractivity contribution is 9.11. The predicted molar refractivity (Wildman–Crippen MR) is 663 cm³/mol. The van der Waals surface area contributed by atoms with Crippen molar-refractivity contribution in [3.05, 3.63) is 113 Å². The van der Waals surface area contributed by atoms with E-state index in [1.807, 2.05) is 90.7 Å². The smallest absolute Gasteiger partial charge is 0.141 e. The van der Waals surface area contributed by atoms with Gasteiger partial charge in [0.1, 0.15) is 67.5 Å². The summed E-state index contributed by atoms with van der Waals surface area (Å²) in [6, 6.07) is 28.6. The summed E-state index contributed by atoms with van der Waals surface area (Å²) in [5, 5.41) is 4.49. The SMILES string of the molecule is CC(C)CCCC(C)CCC1(CCC(C)CCCC(C)C)Oc2cc(Br)sc2-c2sc(-c3ccc(-c4cc5c(s4)-c4sc(Br)cc4OC5(CCC(C)CCCC(C)C)CCC(C)CCCC(C)C)c4nsnc34)cc21.CC(C)CCCC(C)CCC1(CCC(C)CCCC(C)C)Oc2ccsc2-c2sc(-c3ccc(-c4cc5c(s4)-c4sccc4OC5(CCC(C)CCCC(C)C)CCC(C)CCCC(C)C)c4nsnc34)cc21. The summed E-state index contributed by atoms with van der Waals surface area (Å²) in [6.07, 6.45) is 48.8. The maximum absolute atomic E-state index is 7.50. The fraction of sp³-hybridized carbons (Fsp3) is 0.656. The minimum Gasteiger partial charge on any atom is -0.481 e. The Hall–Kier alpha value is -4.16. The van der Waals surface area contributed by atoms with Gasteiger partial charge in [-0.3, -0.25) is 0 Å². The van der Waals surface area contributed by atoms with Crippen LogP contribution in [0.3, 0.4) is 0 Å². The third-order valence-corrected chi connectivity index (χ3v) is 45.0. The van der Waals surface area contributed by atoms with Gasteiger partial charge < -0.3 is 18.9 Å². The first-order chi connectivity index (χ1) is 70.9. The Morgan fingerprint density at radius 3 is 0.622 bits per heavy atom. The monoisotopic (exact) mass is 2320 g/mol. The summed E-state index contributed by atoms with van der Waals surface area (Å²) >= 11 is 25.6. The molecule has 14 heterocycles. The van der Waals surface area contributed by atoms with Gasteiger partial charge in [-0.05, 0) is 276 Å². The van der Waals surface area contributed by atoms with E-state index in [1.165, 1.54) is 306 Å². The molecule has 0 saturated heterocycles. The van der Waals surface area contributed by atoms with E-state index in [4.69, 9.17) is 36.4 Å². The zero-order valence-electron chi connectivity index (χ0n) is 94.9. The fourth-order valence-corrected chi connectivity index (χ4v) is 35.5. The minimum atomic E-state index is -0.381. The Bertz CT molecular complexity index is 5670. The highest BCUT2D eigenvalue weighted by atomic mass is 79.9. The second-order valence-corrected chi connectivity index (χ2v) is 62.5. The molecule has 20 heteroatoms. The van der Waals surface area contributed by atoms with Crippen LogP contribution in [0.2, 0.25) is 0 Å². The zero-order chi connectivity index (χ0) is 105. The Morgan fingerprint density at radius 1 is 0.223 bits per heavy atom. The molecule has 2 aromatic carbocycles. The van der Waals surface area contributed by atoms with Gasteiger partial charge in [-0.15, -0.1) is 90.7 Å². The first-order valence-electron chi connectivity index (χ1n) is 58.5. The van der Waals surface area contributed by atoms with Crippen molar-refractivity contribution in [1.29, 1.82) is 0 Å². The number of rotatable bonds is 60. The normalized spacial score (nSPS) is 18.9. The summed E-state index contributed by atoms with van der Waals surface area (Å²) in [6.45, 7) is 57.6. The van der Waals surface area contributed by atoms with Crippen molar-refractivity contribution in [3.63, 3.8) is 0 Å². The number of fused-ring (bicyclic) bond motifs is 14. The Morgan fingerprint density at radius 2 is 0.419 bits per heavy atom. The third-order valence-electron chi connectivity index (χ3n) is 33.6. The van der Waals surface area contributed by atoms with Gasteiger partial charge in [-0.1, -0.05) is 345 Å². The van der Waals surface area contributed by atoms with Gasteiger partial charge in [-0.25, -0.2) is 0 Å². The molecule has 8 atom stereocenters. The van der Waals surface area contributed by atoms with Crippen LogP contribution in [-0.4, -0.2) is 17.5 Å². The second-order valence-electron chi connectivity index (χ2n) is 50.5. The zero-order valence-corrected chi connectivity index (χ0v) is 106. The van der Waals surface area contributed by atoms with Crippen LogP contribution in [0.15, 0.2) is 91.1 Å². The molecule has 0 aliphatic carbocycles. The van der Waals surface area contributed by atoms with Crippen LogP contribution in [-0.2, 0) is 22.4 Å². The van der Waals surface area contributed by atoms with Crippen LogP contribution in [0.25, 0.3) is 103 Å². The van der Waals surface area contributed by atoms with Gasteiger partial charge in [-0.2, -0.15) is 17.5 Å². The molecule has 0 fully saturated rings. The number of aromatic nitrogens is 4. The first kappa shape index (κ1) is 118. The van der Waals surface area contributed by atoms with E-state index in [-0.39, 0.29) is 22.4 Å². The average molecular weight is 2320 g/mol. The largest absolute Gasteiger partial charge is 0.481 e. The van der Waals surface area contributed by atoms with E-state index in [0.717, 1.165) is 177 Å². The minimum absolute atomic E-state index is 0.348. The van der Waals surface area contributed by atoms with Crippen LogP contribution >= 0.6 is 146 Å². The molecule has 8 unspecified atom stereocenters. The lowest BCUT2D eigenvalue weighted by atomic mass is 9.78. The van der Waals surface area contributed by atoms with Crippen molar-refractivity contribution >= 4 is 168 Å². The van der Waals surface area contributed by atoms with Crippen molar-refractivity contribution in [2.45, 2.75) is 445 Å². The standard InChI is InChI=1S/C64H90Br2N2O2S5.C64H92N2O2S5/c1-39(2)17-13-21-43(9)27-31-63(32-28-44(10)22-14-18-40(3)4)49-35-53(71-59(49)61-51(69-63)37-55(65)73-61)47-25-26-48(58-57(47)67-75-68-58)54-36-50-60(72-54)62-52(38-56(66)74-62)70-64(50,33-29-45(11)23-15-19-41(5)6)34-30-46(12)24-16-20-42(7)8;1-41(2)17-13-21-45(9)27-33-63(34-28-46(10)22-14-18-42(3)4)51-39-55(71-59(51)61-53(67-63)31-37-69-61)49-25-26-50(58-57(49)65-73-66-58)56-40-52-60(72-56)62-54(32-38-70-62)68-64(52,35-29-47(11)23-15-19-43(5)6)36-30-48(12)24-16-20-44(7)8/h25-26,35-46H,13-24,27-34H2,1-12H3;25-26,31-32,37-48H,13-24,27-30,33-36H2,1-12H3. The fourth-order valence-electron chi connectivity index (χ4n) is 23.9.